The smallest absolute Gasteiger partial charge is 0.435 e. The number of ether oxygens (including phenoxy) is 2. The van der Waals surface area contributed by atoms with Gasteiger partial charge in [-0.2, -0.15) is 18.3 Å². The van der Waals surface area contributed by atoms with Gasteiger partial charge in [-0.15, -0.1) is 0 Å². The lowest BCUT2D eigenvalue weighted by molar-refractivity contribution is -0.141. The van der Waals surface area contributed by atoms with Crippen molar-refractivity contribution in [3.05, 3.63) is 82.7 Å². The average molecular weight is 488 g/mol. The van der Waals surface area contributed by atoms with Crippen molar-refractivity contribution in [3.8, 4) is 11.5 Å². The maximum Gasteiger partial charge on any atom is 0.435 e. The number of carbonyl (C=O) groups excluding carboxylic acids is 1. The van der Waals surface area contributed by atoms with Crippen molar-refractivity contribution in [2.24, 2.45) is 0 Å². The van der Waals surface area contributed by atoms with E-state index in [4.69, 9.17) is 9.47 Å². The van der Waals surface area contributed by atoms with Gasteiger partial charge in [0, 0.05) is 30.4 Å². The minimum atomic E-state index is -4.47. The van der Waals surface area contributed by atoms with Gasteiger partial charge in [0.05, 0.1) is 7.11 Å². The molecule has 0 aliphatic rings. The SMILES string of the molecule is COc1ccc(/C=C/C(=O)NCCCn2nc(C(F)(F)F)cc2C)cc1COc1ccccc1C. The molecule has 0 saturated carbocycles. The van der Waals surface area contributed by atoms with Gasteiger partial charge in [-0.05, 0) is 61.7 Å². The molecule has 0 fully saturated rings. The molecular formula is C26H28F3N3O3. The van der Waals surface area contributed by atoms with Gasteiger partial charge in [-0.25, -0.2) is 0 Å². The van der Waals surface area contributed by atoms with E-state index in [-0.39, 0.29) is 12.5 Å². The molecule has 0 atom stereocenters. The van der Waals surface area contributed by atoms with Gasteiger partial charge in [0.2, 0.25) is 5.91 Å². The van der Waals surface area contributed by atoms with Gasteiger partial charge in [-0.3, -0.25) is 9.48 Å². The summed E-state index contributed by atoms with van der Waals surface area (Å²) >= 11 is 0. The number of aryl methyl sites for hydroxylation is 3. The van der Waals surface area contributed by atoms with Gasteiger partial charge in [-0.1, -0.05) is 24.3 Å². The van der Waals surface area contributed by atoms with Crippen molar-refractivity contribution in [2.45, 2.75) is 39.6 Å². The van der Waals surface area contributed by atoms with Crippen LogP contribution >= 0.6 is 0 Å². The molecule has 0 saturated heterocycles. The first kappa shape index (κ1) is 25.9. The number of hydrogen-bond donors (Lipinski definition) is 1. The lowest BCUT2D eigenvalue weighted by atomic mass is 10.1. The van der Waals surface area contributed by atoms with Crippen molar-refractivity contribution < 1.29 is 27.4 Å². The first-order valence-corrected chi connectivity index (χ1v) is 11.1. The van der Waals surface area contributed by atoms with Crippen LogP contribution in [0.4, 0.5) is 13.2 Å². The molecule has 35 heavy (non-hydrogen) atoms. The lowest BCUT2D eigenvalue weighted by Crippen LogP contribution is -2.23. The molecule has 0 unspecified atom stereocenters. The molecular weight excluding hydrogens is 459 g/mol. The van der Waals surface area contributed by atoms with Gasteiger partial charge in [0.15, 0.2) is 5.69 Å². The summed E-state index contributed by atoms with van der Waals surface area (Å²) in [5, 5.41) is 6.31. The van der Waals surface area contributed by atoms with Crippen LogP contribution in [0.3, 0.4) is 0 Å². The number of alkyl halides is 3. The zero-order valence-corrected chi connectivity index (χ0v) is 19.9. The van der Waals surface area contributed by atoms with Crippen LogP contribution < -0.4 is 14.8 Å². The highest BCUT2D eigenvalue weighted by Crippen LogP contribution is 2.28. The average Bonchev–Trinajstić information content (AvgIpc) is 3.21. The van der Waals surface area contributed by atoms with Crippen LogP contribution in [0.2, 0.25) is 0 Å². The second-order valence-corrected chi connectivity index (χ2v) is 8.00. The van der Waals surface area contributed by atoms with E-state index in [0.29, 0.717) is 31.0 Å². The third-order valence-corrected chi connectivity index (χ3v) is 5.33. The molecule has 1 amide bonds. The highest BCUT2D eigenvalue weighted by molar-refractivity contribution is 5.91. The van der Waals surface area contributed by atoms with Crippen LogP contribution in [0.5, 0.6) is 11.5 Å². The Balaban J connectivity index is 1.51. The fraction of sp³-hybridized carbons (Fsp3) is 0.308. The van der Waals surface area contributed by atoms with E-state index in [0.717, 1.165) is 28.5 Å². The normalized spacial score (nSPS) is 11.6. The Bertz CT molecular complexity index is 1190. The number of halogens is 3. The van der Waals surface area contributed by atoms with E-state index >= 15 is 0 Å². The summed E-state index contributed by atoms with van der Waals surface area (Å²) in [6.07, 6.45) is -0.931. The molecule has 1 aromatic heterocycles. The zero-order chi connectivity index (χ0) is 25.4. The van der Waals surface area contributed by atoms with Gasteiger partial charge < -0.3 is 14.8 Å². The van der Waals surface area contributed by atoms with Crippen molar-refractivity contribution in [3.63, 3.8) is 0 Å². The number of nitrogens with one attached hydrogen (secondary N) is 1. The minimum absolute atomic E-state index is 0.272. The molecule has 186 valence electrons. The topological polar surface area (TPSA) is 65.4 Å². The molecule has 1 N–H and O–H groups in total. The summed E-state index contributed by atoms with van der Waals surface area (Å²) in [5.74, 6) is 1.17. The molecule has 0 spiro atoms. The summed E-state index contributed by atoms with van der Waals surface area (Å²) in [6.45, 7) is 4.43. The van der Waals surface area contributed by atoms with Crippen molar-refractivity contribution in [2.75, 3.05) is 13.7 Å². The number of methoxy groups -OCH3 is 1. The molecule has 0 radical (unpaired) electrons. The Kier molecular flexibility index (Phi) is 8.57. The summed E-state index contributed by atoms with van der Waals surface area (Å²) < 4.78 is 50.9. The molecule has 0 aliphatic heterocycles. The van der Waals surface area contributed by atoms with Crippen LogP contribution in [-0.2, 0) is 24.1 Å². The lowest BCUT2D eigenvalue weighted by Gasteiger charge is -2.12. The van der Waals surface area contributed by atoms with Gasteiger partial charge in [0.25, 0.3) is 0 Å². The van der Waals surface area contributed by atoms with Crippen molar-refractivity contribution >= 4 is 12.0 Å². The molecule has 0 bridgehead atoms. The molecule has 2 aromatic carbocycles. The molecule has 0 aliphatic carbocycles. The second-order valence-electron chi connectivity index (χ2n) is 8.00. The number of benzene rings is 2. The largest absolute Gasteiger partial charge is 0.496 e. The van der Waals surface area contributed by atoms with E-state index in [1.807, 2.05) is 49.4 Å². The van der Waals surface area contributed by atoms with Crippen LogP contribution in [0.25, 0.3) is 6.08 Å². The summed E-state index contributed by atoms with van der Waals surface area (Å²) in [6, 6.07) is 14.3. The third-order valence-electron chi connectivity index (χ3n) is 5.33. The number of hydrogen-bond acceptors (Lipinski definition) is 4. The predicted octanol–water partition coefficient (Wildman–Crippen LogP) is 5.33. The molecule has 9 heteroatoms. The highest BCUT2D eigenvalue weighted by atomic mass is 19.4. The zero-order valence-electron chi connectivity index (χ0n) is 19.9. The number of para-hydroxylation sites is 1. The maximum atomic E-state index is 12.7. The Morgan fingerprint density at radius 2 is 1.89 bits per heavy atom. The van der Waals surface area contributed by atoms with Crippen molar-refractivity contribution in [1.29, 1.82) is 0 Å². The first-order valence-electron chi connectivity index (χ1n) is 11.1. The van der Waals surface area contributed by atoms with E-state index in [1.165, 1.54) is 10.8 Å². The number of carbonyl (C=O) groups is 1. The fourth-order valence-corrected chi connectivity index (χ4v) is 3.44. The Labute approximate surface area is 202 Å². The molecule has 3 rings (SSSR count). The quantitative estimate of drug-likeness (QED) is 0.310. The number of aromatic nitrogens is 2. The monoisotopic (exact) mass is 487 g/mol. The van der Waals surface area contributed by atoms with Gasteiger partial charge >= 0.3 is 6.18 Å². The van der Waals surface area contributed by atoms with Crippen LogP contribution in [0, 0.1) is 13.8 Å². The molecule has 3 aromatic rings. The van der Waals surface area contributed by atoms with Crippen LogP contribution in [0.1, 0.15) is 34.5 Å². The Morgan fingerprint density at radius 3 is 2.57 bits per heavy atom. The van der Waals surface area contributed by atoms with E-state index in [1.54, 1.807) is 20.1 Å². The third kappa shape index (κ3) is 7.37. The van der Waals surface area contributed by atoms with Gasteiger partial charge in [0.1, 0.15) is 18.1 Å². The number of nitrogens with zero attached hydrogens (tertiary/aromatic N) is 2. The van der Waals surface area contributed by atoms with E-state index < -0.39 is 11.9 Å². The summed E-state index contributed by atoms with van der Waals surface area (Å²) in [7, 11) is 1.59. The fourth-order valence-electron chi connectivity index (χ4n) is 3.44. The number of rotatable bonds is 10. The Morgan fingerprint density at radius 1 is 1.11 bits per heavy atom. The number of amides is 1. The van der Waals surface area contributed by atoms with Crippen LogP contribution in [0.15, 0.2) is 54.6 Å². The maximum absolute atomic E-state index is 12.7. The Hall–Kier alpha value is -3.75. The minimum Gasteiger partial charge on any atom is -0.496 e. The predicted molar refractivity (Wildman–Crippen MR) is 127 cm³/mol. The molecule has 1 heterocycles. The first-order chi connectivity index (χ1) is 16.7. The van der Waals surface area contributed by atoms with E-state index in [9.17, 15) is 18.0 Å². The standard InChI is InChI=1S/C26H28F3N3O3/c1-18-7-4-5-8-22(18)35-17-21-16-20(9-11-23(21)34-3)10-12-25(33)30-13-6-14-32-19(2)15-24(31-32)26(27,28)29/h4-5,7-12,15-16H,6,13-14,17H2,1-3H3,(H,30,33)/b12-10+. The second kappa shape index (κ2) is 11.6. The van der Waals surface area contributed by atoms with Crippen LogP contribution in [-0.4, -0.2) is 29.3 Å². The highest BCUT2D eigenvalue weighted by Gasteiger charge is 2.34. The summed E-state index contributed by atoms with van der Waals surface area (Å²) in [5.41, 5.74) is 2.18. The summed E-state index contributed by atoms with van der Waals surface area (Å²) in [4.78, 5) is 12.2. The van der Waals surface area contributed by atoms with E-state index in [2.05, 4.69) is 10.4 Å². The van der Waals surface area contributed by atoms with Crippen molar-refractivity contribution in [1.82, 2.24) is 15.1 Å². The molecule has 6 nitrogen and oxygen atoms in total.